The molecule has 0 aromatic heterocycles. The average Bonchev–Trinajstić information content (AvgIpc) is 3.12. The van der Waals surface area contributed by atoms with Crippen LogP contribution in [0.1, 0.15) is 200 Å². The Morgan fingerprint density at radius 3 is 1.53 bits per heavy atom. The van der Waals surface area contributed by atoms with Crippen molar-refractivity contribution < 1.29 is 43.0 Å². The first-order valence-corrected chi connectivity index (χ1v) is 22.7. The summed E-state index contributed by atoms with van der Waals surface area (Å²) in [6.45, 7) is 3.50. The maximum Gasteiger partial charge on any atom is 0.472 e. The number of aliphatic hydroxyl groups excluding tert-OH is 2. The molecule has 0 saturated heterocycles. The zero-order chi connectivity index (χ0) is 37.5. The third kappa shape index (κ3) is 38.7. The molecule has 0 rings (SSSR count). The van der Waals surface area contributed by atoms with Gasteiger partial charge in [-0.05, 0) is 32.1 Å². The number of esters is 1. The molecule has 9 nitrogen and oxygen atoms in total. The number of phosphoric ester groups is 1. The lowest BCUT2D eigenvalue weighted by atomic mass is 10.0. The molecule has 51 heavy (non-hydrogen) atoms. The number of hydrogen-bond acceptors (Lipinski definition) is 8. The standard InChI is InChI=1S/C41H81O9P/c1-3-5-7-9-11-13-15-16-17-18-19-20-21-22-24-26-28-30-32-34-47-37-40(38-49-51(45,46)48-36-39(43)35-42)50-41(44)33-31-29-27-25-23-14-12-10-8-6-4-2/h10,12,39-40,42-43H,3-9,11,13-38H2,1-2H3,(H,45,46)/b12-10-. The van der Waals surface area contributed by atoms with Gasteiger partial charge in [-0.3, -0.25) is 13.8 Å². The summed E-state index contributed by atoms with van der Waals surface area (Å²) in [7, 11) is -4.51. The van der Waals surface area contributed by atoms with Crippen LogP contribution in [0.4, 0.5) is 0 Å². The van der Waals surface area contributed by atoms with Crippen molar-refractivity contribution in [2.24, 2.45) is 0 Å². The molecule has 0 saturated carbocycles. The van der Waals surface area contributed by atoms with E-state index in [1.807, 2.05) is 0 Å². The fourth-order valence-electron chi connectivity index (χ4n) is 5.93. The van der Waals surface area contributed by atoms with Crippen molar-refractivity contribution in [3.05, 3.63) is 12.2 Å². The van der Waals surface area contributed by atoms with Gasteiger partial charge in [-0.2, -0.15) is 0 Å². The van der Waals surface area contributed by atoms with Gasteiger partial charge in [-0.15, -0.1) is 0 Å². The molecule has 304 valence electrons. The van der Waals surface area contributed by atoms with Gasteiger partial charge >= 0.3 is 13.8 Å². The van der Waals surface area contributed by atoms with Crippen molar-refractivity contribution in [1.82, 2.24) is 0 Å². The van der Waals surface area contributed by atoms with E-state index >= 15 is 0 Å². The fourth-order valence-corrected chi connectivity index (χ4v) is 6.72. The Bertz CT molecular complexity index is 810. The van der Waals surface area contributed by atoms with Crippen LogP contribution in [0.2, 0.25) is 0 Å². The van der Waals surface area contributed by atoms with Crippen LogP contribution in [-0.2, 0) is 27.9 Å². The van der Waals surface area contributed by atoms with Gasteiger partial charge in [0.15, 0.2) is 0 Å². The molecule has 0 amide bonds. The predicted molar refractivity (Wildman–Crippen MR) is 210 cm³/mol. The Kier molecular flexibility index (Phi) is 38.3. The lowest BCUT2D eigenvalue weighted by Crippen LogP contribution is -2.29. The molecule has 3 N–H and O–H groups in total. The first-order chi connectivity index (χ1) is 24.8. The van der Waals surface area contributed by atoms with E-state index in [-0.39, 0.29) is 25.6 Å². The molecule has 0 fully saturated rings. The summed E-state index contributed by atoms with van der Waals surface area (Å²) >= 11 is 0. The smallest absolute Gasteiger partial charge is 0.457 e. The SMILES string of the molecule is CCCC/C=C\CCCCCCCC(=O)OC(COCCCCCCCCCCCCCCCCCCCCC)COP(=O)(O)OCC(O)CO. The van der Waals surface area contributed by atoms with E-state index in [9.17, 15) is 19.4 Å². The van der Waals surface area contributed by atoms with Crippen LogP contribution in [0.25, 0.3) is 0 Å². The van der Waals surface area contributed by atoms with Crippen LogP contribution < -0.4 is 0 Å². The Morgan fingerprint density at radius 2 is 1.02 bits per heavy atom. The monoisotopic (exact) mass is 749 g/mol. The quantitative estimate of drug-likeness (QED) is 0.0242. The summed E-state index contributed by atoms with van der Waals surface area (Å²) in [6, 6.07) is 0. The van der Waals surface area contributed by atoms with Crippen molar-refractivity contribution in [2.75, 3.05) is 33.0 Å². The summed E-state index contributed by atoms with van der Waals surface area (Å²) in [6.07, 6.45) is 37.5. The number of phosphoric acid groups is 1. The van der Waals surface area contributed by atoms with Gasteiger partial charge in [-0.25, -0.2) is 4.57 Å². The summed E-state index contributed by atoms with van der Waals surface area (Å²) < 4.78 is 33.3. The number of allylic oxidation sites excluding steroid dienone is 2. The largest absolute Gasteiger partial charge is 0.472 e. The molecule has 3 unspecified atom stereocenters. The summed E-state index contributed by atoms with van der Waals surface area (Å²) in [5.74, 6) is -0.390. The number of ether oxygens (including phenoxy) is 2. The molecule has 0 aliphatic rings. The van der Waals surface area contributed by atoms with E-state index < -0.39 is 33.2 Å². The molecule has 10 heteroatoms. The maximum atomic E-state index is 12.5. The van der Waals surface area contributed by atoms with E-state index in [2.05, 4.69) is 26.0 Å². The van der Waals surface area contributed by atoms with Crippen LogP contribution in [0, 0.1) is 0 Å². The van der Waals surface area contributed by atoms with Crippen LogP contribution in [-0.4, -0.2) is 66.3 Å². The average molecular weight is 749 g/mol. The normalized spacial score (nSPS) is 14.2. The van der Waals surface area contributed by atoms with Gasteiger partial charge in [0, 0.05) is 13.0 Å². The minimum absolute atomic E-state index is 0.0514. The highest BCUT2D eigenvalue weighted by atomic mass is 31.2. The van der Waals surface area contributed by atoms with Crippen molar-refractivity contribution in [1.29, 1.82) is 0 Å². The molecular formula is C41H81O9P. The Balaban J connectivity index is 4.09. The zero-order valence-corrected chi connectivity index (χ0v) is 34.0. The fraction of sp³-hybridized carbons (Fsp3) is 0.927. The molecule has 0 aliphatic carbocycles. The van der Waals surface area contributed by atoms with E-state index in [1.165, 1.54) is 122 Å². The van der Waals surface area contributed by atoms with Crippen molar-refractivity contribution in [3.63, 3.8) is 0 Å². The second kappa shape index (κ2) is 38.9. The van der Waals surface area contributed by atoms with Crippen molar-refractivity contribution in [3.8, 4) is 0 Å². The molecule has 0 radical (unpaired) electrons. The number of carbonyl (C=O) groups excluding carboxylic acids is 1. The van der Waals surface area contributed by atoms with Crippen molar-refractivity contribution in [2.45, 2.75) is 212 Å². The molecule has 0 aliphatic heterocycles. The number of aliphatic hydroxyl groups is 2. The highest BCUT2D eigenvalue weighted by molar-refractivity contribution is 7.47. The number of carbonyl (C=O) groups is 1. The second-order valence-electron chi connectivity index (χ2n) is 14.4. The first-order valence-electron chi connectivity index (χ1n) is 21.2. The van der Waals surface area contributed by atoms with E-state index in [0.29, 0.717) is 6.61 Å². The molecule has 0 aromatic carbocycles. The van der Waals surface area contributed by atoms with Crippen molar-refractivity contribution >= 4 is 13.8 Å². The molecule has 0 bridgehead atoms. The van der Waals surface area contributed by atoms with Crippen LogP contribution >= 0.6 is 7.82 Å². The summed E-state index contributed by atoms with van der Waals surface area (Å²) in [5, 5.41) is 18.3. The minimum atomic E-state index is -4.51. The molecular weight excluding hydrogens is 667 g/mol. The molecule has 0 heterocycles. The first kappa shape index (κ1) is 50.2. The topological polar surface area (TPSA) is 132 Å². The van der Waals surface area contributed by atoms with E-state index in [4.69, 9.17) is 23.6 Å². The van der Waals surface area contributed by atoms with Gasteiger partial charge in [0.05, 0.1) is 26.4 Å². The minimum Gasteiger partial charge on any atom is -0.457 e. The van der Waals surface area contributed by atoms with Crippen LogP contribution in [0.3, 0.4) is 0 Å². The molecule has 0 spiro atoms. The van der Waals surface area contributed by atoms with Gasteiger partial charge < -0.3 is 24.6 Å². The number of unbranched alkanes of at least 4 members (excludes halogenated alkanes) is 25. The lowest BCUT2D eigenvalue weighted by Gasteiger charge is -2.20. The predicted octanol–water partition coefficient (Wildman–Crippen LogP) is 11.3. The van der Waals surface area contributed by atoms with E-state index in [1.54, 1.807) is 0 Å². The highest BCUT2D eigenvalue weighted by Gasteiger charge is 2.26. The summed E-state index contributed by atoms with van der Waals surface area (Å²) in [4.78, 5) is 22.5. The van der Waals surface area contributed by atoms with Gasteiger partial charge in [0.25, 0.3) is 0 Å². The summed E-state index contributed by atoms with van der Waals surface area (Å²) in [5.41, 5.74) is 0. The number of hydrogen-bond donors (Lipinski definition) is 3. The van der Waals surface area contributed by atoms with Gasteiger partial charge in [-0.1, -0.05) is 174 Å². The molecule has 0 aromatic rings. The lowest BCUT2D eigenvalue weighted by molar-refractivity contribution is -0.154. The maximum absolute atomic E-state index is 12.5. The van der Waals surface area contributed by atoms with Gasteiger partial charge in [0.1, 0.15) is 12.2 Å². The zero-order valence-electron chi connectivity index (χ0n) is 33.1. The van der Waals surface area contributed by atoms with Gasteiger partial charge in [0.2, 0.25) is 0 Å². The highest BCUT2D eigenvalue weighted by Crippen LogP contribution is 2.43. The third-order valence-electron chi connectivity index (χ3n) is 9.20. The van der Waals surface area contributed by atoms with Crippen LogP contribution in [0.15, 0.2) is 12.2 Å². The van der Waals surface area contributed by atoms with Crippen LogP contribution in [0.5, 0.6) is 0 Å². The van der Waals surface area contributed by atoms with E-state index in [0.717, 1.165) is 57.8 Å². The Hall–Kier alpha value is -0.800. The molecule has 3 atom stereocenters. The second-order valence-corrected chi connectivity index (χ2v) is 15.8. The third-order valence-corrected chi connectivity index (χ3v) is 10.2. The Labute approximate surface area is 313 Å². The Morgan fingerprint density at radius 1 is 0.588 bits per heavy atom. The number of rotatable bonds is 41.